The Balaban J connectivity index is 1.39. The van der Waals surface area contributed by atoms with Crippen molar-refractivity contribution >= 4 is 5.97 Å². The maximum Gasteiger partial charge on any atom is 0.307 e. The highest BCUT2D eigenvalue weighted by Crippen LogP contribution is 2.28. The average Bonchev–Trinajstić information content (AvgIpc) is 2.67. The van der Waals surface area contributed by atoms with Crippen LogP contribution >= 0.6 is 0 Å². The van der Waals surface area contributed by atoms with E-state index in [1.807, 2.05) is 42.5 Å². The summed E-state index contributed by atoms with van der Waals surface area (Å²) < 4.78 is 11.5. The van der Waals surface area contributed by atoms with Crippen LogP contribution in [0, 0.1) is 0 Å². The van der Waals surface area contributed by atoms with E-state index in [4.69, 9.17) is 14.6 Å². The van der Waals surface area contributed by atoms with E-state index in [0.29, 0.717) is 13.1 Å². The molecule has 0 amide bonds. The first kappa shape index (κ1) is 19.2. The standard InChI is InChI=1S/C21H25NO5/c23-17(14-26-18-4-2-1-3-5-18)12-22-13-19-8-7-16-10-15(11-21(24)25)6-9-20(16)27-19/h1-6,9-10,17,19,22-23H,7-8,11-14H2,(H,24,25)/t17?,19-/m1/s1. The molecule has 6 heteroatoms. The Bertz CT molecular complexity index is 749. The molecule has 0 radical (unpaired) electrons. The van der Waals surface area contributed by atoms with Gasteiger partial charge in [-0.15, -0.1) is 0 Å². The van der Waals surface area contributed by atoms with Crippen molar-refractivity contribution in [3.63, 3.8) is 0 Å². The van der Waals surface area contributed by atoms with Crippen LogP contribution in [0.25, 0.3) is 0 Å². The Kier molecular flexibility index (Phi) is 6.68. The first-order valence-electron chi connectivity index (χ1n) is 9.17. The summed E-state index contributed by atoms with van der Waals surface area (Å²) in [5, 5.41) is 22.1. The van der Waals surface area contributed by atoms with Gasteiger partial charge in [0.25, 0.3) is 0 Å². The Labute approximate surface area is 158 Å². The summed E-state index contributed by atoms with van der Waals surface area (Å²) in [4.78, 5) is 10.8. The highest BCUT2D eigenvalue weighted by atomic mass is 16.5. The van der Waals surface area contributed by atoms with Crippen molar-refractivity contribution in [1.82, 2.24) is 5.32 Å². The number of rotatable bonds is 9. The van der Waals surface area contributed by atoms with Gasteiger partial charge in [-0.1, -0.05) is 30.3 Å². The van der Waals surface area contributed by atoms with Crippen LogP contribution in [-0.4, -0.2) is 48.1 Å². The van der Waals surface area contributed by atoms with Crippen molar-refractivity contribution in [2.75, 3.05) is 19.7 Å². The third kappa shape index (κ3) is 5.98. The third-order valence-electron chi connectivity index (χ3n) is 4.45. The molecule has 0 saturated heterocycles. The van der Waals surface area contributed by atoms with Crippen LogP contribution in [0.1, 0.15) is 17.5 Å². The molecule has 0 bridgehead atoms. The van der Waals surface area contributed by atoms with Gasteiger partial charge in [-0.05, 0) is 42.2 Å². The Morgan fingerprint density at radius 3 is 2.85 bits per heavy atom. The smallest absolute Gasteiger partial charge is 0.307 e. The SMILES string of the molecule is O=C(O)Cc1ccc2c(c1)CC[C@H](CNCC(O)COc1ccccc1)O2. The van der Waals surface area contributed by atoms with Crippen molar-refractivity contribution in [3.05, 3.63) is 59.7 Å². The number of aliphatic hydroxyl groups excluding tert-OH is 1. The summed E-state index contributed by atoms with van der Waals surface area (Å²) >= 11 is 0. The highest BCUT2D eigenvalue weighted by molar-refractivity contribution is 5.70. The number of carboxylic acids is 1. The fraction of sp³-hybridized carbons (Fsp3) is 0.381. The summed E-state index contributed by atoms with van der Waals surface area (Å²) in [6, 6.07) is 15.0. The number of ether oxygens (including phenoxy) is 2. The van der Waals surface area contributed by atoms with E-state index in [9.17, 15) is 9.90 Å². The zero-order valence-electron chi connectivity index (χ0n) is 15.1. The zero-order valence-corrected chi connectivity index (χ0v) is 15.1. The van der Waals surface area contributed by atoms with Gasteiger partial charge in [0.15, 0.2) is 0 Å². The van der Waals surface area contributed by atoms with Crippen LogP contribution in [0.2, 0.25) is 0 Å². The quantitative estimate of drug-likeness (QED) is 0.625. The fourth-order valence-corrected chi connectivity index (χ4v) is 3.11. The largest absolute Gasteiger partial charge is 0.491 e. The number of fused-ring (bicyclic) bond motifs is 1. The number of hydrogen-bond donors (Lipinski definition) is 3. The lowest BCUT2D eigenvalue weighted by Crippen LogP contribution is -2.39. The number of hydrogen-bond acceptors (Lipinski definition) is 5. The van der Waals surface area contributed by atoms with Gasteiger partial charge in [0.1, 0.15) is 30.3 Å². The molecule has 144 valence electrons. The van der Waals surface area contributed by atoms with Crippen molar-refractivity contribution in [2.24, 2.45) is 0 Å². The van der Waals surface area contributed by atoms with Crippen LogP contribution in [0.4, 0.5) is 0 Å². The lowest BCUT2D eigenvalue weighted by molar-refractivity contribution is -0.136. The number of carboxylic acid groups (broad SMARTS) is 1. The molecular weight excluding hydrogens is 346 g/mol. The number of carbonyl (C=O) groups is 1. The molecule has 0 aliphatic carbocycles. The molecule has 2 aromatic carbocycles. The minimum absolute atomic E-state index is 0.0290. The lowest BCUT2D eigenvalue weighted by Gasteiger charge is -2.27. The molecule has 6 nitrogen and oxygen atoms in total. The van der Waals surface area contributed by atoms with Gasteiger partial charge >= 0.3 is 5.97 Å². The molecule has 1 aliphatic heterocycles. The summed E-state index contributed by atoms with van der Waals surface area (Å²) in [6.07, 6.45) is 1.17. The third-order valence-corrected chi connectivity index (χ3v) is 4.45. The topological polar surface area (TPSA) is 88.0 Å². The van der Waals surface area contributed by atoms with Gasteiger partial charge in [-0.2, -0.15) is 0 Å². The fourth-order valence-electron chi connectivity index (χ4n) is 3.11. The van der Waals surface area contributed by atoms with E-state index < -0.39 is 12.1 Å². The minimum Gasteiger partial charge on any atom is -0.491 e. The maximum absolute atomic E-state index is 10.8. The number of aliphatic hydroxyl groups is 1. The Hall–Kier alpha value is -2.57. The molecule has 27 heavy (non-hydrogen) atoms. The lowest BCUT2D eigenvalue weighted by atomic mass is 9.99. The first-order valence-corrected chi connectivity index (χ1v) is 9.17. The van der Waals surface area contributed by atoms with Gasteiger partial charge in [0.05, 0.1) is 6.42 Å². The van der Waals surface area contributed by atoms with E-state index >= 15 is 0 Å². The predicted molar refractivity (Wildman–Crippen MR) is 101 cm³/mol. The molecule has 0 spiro atoms. The van der Waals surface area contributed by atoms with Crippen LogP contribution in [-0.2, 0) is 17.6 Å². The molecule has 3 N–H and O–H groups in total. The van der Waals surface area contributed by atoms with Crippen molar-refractivity contribution in [1.29, 1.82) is 0 Å². The summed E-state index contributed by atoms with van der Waals surface area (Å²) in [5.41, 5.74) is 1.85. The summed E-state index contributed by atoms with van der Waals surface area (Å²) in [6.45, 7) is 1.30. The molecule has 1 unspecified atom stereocenters. The molecular formula is C21H25NO5. The monoisotopic (exact) mass is 371 g/mol. The van der Waals surface area contributed by atoms with Gasteiger partial charge in [-0.25, -0.2) is 0 Å². The molecule has 0 saturated carbocycles. The second-order valence-corrected chi connectivity index (χ2v) is 6.73. The van der Waals surface area contributed by atoms with Crippen molar-refractivity contribution < 1.29 is 24.5 Å². The Morgan fingerprint density at radius 2 is 2.07 bits per heavy atom. The van der Waals surface area contributed by atoms with E-state index in [1.165, 1.54) is 0 Å². The van der Waals surface area contributed by atoms with Gasteiger partial charge < -0.3 is 25.0 Å². The molecule has 2 atom stereocenters. The van der Waals surface area contributed by atoms with Gasteiger partial charge in [0, 0.05) is 13.1 Å². The van der Waals surface area contributed by atoms with Crippen LogP contribution < -0.4 is 14.8 Å². The second-order valence-electron chi connectivity index (χ2n) is 6.73. The van der Waals surface area contributed by atoms with Crippen LogP contribution in [0.5, 0.6) is 11.5 Å². The maximum atomic E-state index is 10.8. The Morgan fingerprint density at radius 1 is 1.26 bits per heavy atom. The number of nitrogens with one attached hydrogen (secondary N) is 1. The molecule has 3 rings (SSSR count). The first-order chi connectivity index (χ1) is 13.1. The zero-order chi connectivity index (χ0) is 19.1. The molecule has 0 fully saturated rings. The van der Waals surface area contributed by atoms with E-state index in [0.717, 1.165) is 35.5 Å². The van der Waals surface area contributed by atoms with E-state index in [2.05, 4.69) is 5.32 Å². The summed E-state index contributed by atoms with van der Waals surface area (Å²) in [7, 11) is 0. The molecule has 1 heterocycles. The van der Waals surface area contributed by atoms with E-state index in [-0.39, 0.29) is 19.1 Å². The van der Waals surface area contributed by atoms with Gasteiger partial charge in [-0.3, -0.25) is 4.79 Å². The highest BCUT2D eigenvalue weighted by Gasteiger charge is 2.20. The second kappa shape index (κ2) is 9.39. The predicted octanol–water partition coefficient (Wildman–Crippen LogP) is 2.04. The number of para-hydroxylation sites is 1. The number of aryl methyl sites for hydroxylation is 1. The molecule has 2 aromatic rings. The number of benzene rings is 2. The molecule has 0 aromatic heterocycles. The average molecular weight is 371 g/mol. The molecule has 1 aliphatic rings. The van der Waals surface area contributed by atoms with E-state index in [1.54, 1.807) is 6.07 Å². The van der Waals surface area contributed by atoms with Crippen LogP contribution in [0.15, 0.2) is 48.5 Å². The minimum atomic E-state index is -0.830. The van der Waals surface area contributed by atoms with Crippen molar-refractivity contribution in [2.45, 2.75) is 31.5 Å². The van der Waals surface area contributed by atoms with Crippen LogP contribution in [0.3, 0.4) is 0 Å². The van der Waals surface area contributed by atoms with Crippen molar-refractivity contribution in [3.8, 4) is 11.5 Å². The number of aliphatic carboxylic acids is 1. The van der Waals surface area contributed by atoms with Gasteiger partial charge in [0.2, 0.25) is 0 Å². The normalized spacial score (nSPS) is 16.9. The summed E-state index contributed by atoms with van der Waals surface area (Å²) in [5.74, 6) is 0.727.